The van der Waals surface area contributed by atoms with E-state index in [1.165, 1.54) is 24.1 Å². The topological polar surface area (TPSA) is 14.1 Å². The summed E-state index contributed by atoms with van der Waals surface area (Å²) in [7, 11) is 1.92. The van der Waals surface area contributed by atoms with E-state index < -0.39 is 0 Å². The van der Waals surface area contributed by atoms with Crippen molar-refractivity contribution in [2.24, 2.45) is 0 Å². The third kappa shape index (κ3) is 2.61. The number of thiophene rings is 1. The van der Waals surface area contributed by atoms with Gasteiger partial charge in [-0.1, -0.05) is 25.8 Å². The van der Waals surface area contributed by atoms with Crippen LogP contribution >= 0.6 is 11.3 Å². The van der Waals surface area contributed by atoms with Crippen molar-refractivity contribution in [2.45, 2.75) is 32.2 Å². The van der Waals surface area contributed by atoms with Gasteiger partial charge in [0.15, 0.2) is 0 Å². The Hall–Kier alpha value is -0.340. The van der Waals surface area contributed by atoms with Crippen LogP contribution in [-0.2, 0) is 0 Å². The van der Waals surface area contributed by atoms with Gasteiger partial charge in [0.2, 0.25) is 0 Å². The summed E-state index contributed by atoms with van der Waals surface area (Å²) in [6.45, 7) is 2.22. The molecular formula is C10H16NS. The lowest BCUT2D eigenvalue weighted by Crippen LogP contribution is -2.07. The molecule has 0 aliphatic heterocycles. The number of hydrogen-bond donors (Lipinski definition) is 0. The molecule has 1 radical (unpaired) electrons. The molecule has 12 heavy (non-hydrogen) atoms. The van der Waals surface area contributed by atoms with Gasteiger partial charge in [0.1, 0.15) is 0 Å². The first kappa shape index (κ1) is 9.75. The van der Waals surface area contributed by atoms with Crippen molar-refractivity contribution in [3.8, 4) is 0 Å². The first-order valence-electron chi connectivity index (χ1n) is 4.50. The fraction of sp³-hybridized carbons (Fsp3) is 0.600. The van der Waals surface area contributed by atoms with Gasteiger partial charge in [-0.15, -0.1) is 11.3 Å². The highest BCUT2D eigenvalue weighted by Crippen LogP contribution is 2.23. The van der Waals surface area contributed by atoms with Crippen molar-refractivity contribution in [2.75, 3.05) is 7.05 Å². The van der Waals surface area contributed by atoms with Gasteiger partial charge in [-0.25, -0.2) is 5.32 Å². The Morgan fingerprint density at radius 1 is 1.58 bits per heavy atom. The number of rotatable bonds is 5. The first-order valence-corrected chi connectivity index (χ1v) is 5.38. The molecule has 0 amide bonds. The lowest BCUT2D eigenvalue weighted by atomic mass is 10.1. The maximum atomic E-state index is 4.38. The molecule has 0 spiro atoms. The zero-order valence-corrected chi connectivity index (χ0v) is 8.60. The van der Waals surface area contributed by atoms with Crippen LogP contribution in [0.1, 0.15) is 37.1 Å². The molecule has 1 heterocycles. The maximum Gasteiger partial charge on any atom is 0.0585 e. The smallest absolute Gasteiger partial charge is 0.0585 e. The van der Waals surface area contributed by atoms with Gasteiger partial charge in [-0.3, -0.25) is 0 Å². The van der Waals surface area contributed by atoms with Crippen LogP contribution < -0.4 is 5.32 Å². The van der Waals surface area contributed by atoms with E-state index in [1.54, 1.807) is 0 Å². The minimum atomic E-state index is 0.449. The summed E-state index contributed by atoms with van der Waals surface area (Å²) < 4.78 is 0. The zero-order valence-electron chi connectivity index (χ0n) is 7.79. The molecule has 0 saturated carbocycles. The third-order valence-electron chi connectivity index (χ3n) is 2.01. The van der Waals surface area contributed by atoms with Crippen LogP contribution in [0.3, 0.4) is 0 Å². The summed E-state index contributed by atoms with van der Waals surface area (Å²) in [4.78, 5) is 1.41. The molecular weight excluding hydrogens is 166 g/mol. The second-order valence-electron chi connectivity index (χ2n) is 2.93. The highest BCUT2D eigenvalue weighted by molar-refractivity contribution is 7.10. The molecule has 0 fully saturated rings. The summed E-state index contributed by atoms with van der Waals surface area (Å²) >= 11 is 1.81. The first-order chi connectivity index (χ1) is 5.88. The van der Waals surface area contributed by atoms with E-state index in [9.17, 15) is 0 Å². The van der Waals surface area contributed by atoms with E-state index in [0.29, 0.717) is 6.04 Å². The van der Waals surface area contributed by atoms with Gasteiger partial charge >= 0.3 is 0 Å². The number of unbranched alkanes of at least 4 members (excludes halogenated alkanes) is 1. The second kappa shape index (κ2) is 5.33. The number of nitrogens with zero attached hydrogens (tertiary/aromatic N) is 1. The SMILES string of the molecule is CCCCC([N]C)c1cccs1. The van der Waals surface area contributed by atoms with Crippen LogP contribution in [0.15, 0.2) is 17.5 Å². The van der Waals surface area contributed by atoms with Crippen molar-refractivity contribution in [3.05, 3.63) is 22.4 Å². The summed E-state index contributed by atoms with van der Waals surface area (Å²) in [5.41, 5.74) is 0. The molecule has 1 aromatic heterocycles. The Labute approximate surface area is 78.8 Å². The van der Waals surface area contributed by atoms with Crippen LogP contribution in [0.25, 0.3) is 0 Å². The van der Waals surface area contributed by atoms with Gasteiger partial charge < -0.3 is 0 Å². The quantitative estimate of drug-likeness (QED) is 0.664. The monoisotopic (exact) mass is 182 g/mol. The Morgan fingerprint density at radius 2 is 2.42 bits per heavy atom. The molecule has 0 N–H and O–H groups in total. The molecule has 1 aromatic rings. The summed E-state index contributed by atoms with van der Waals surface area (Å²) in [5.74, 6) is 0. The van der Waals surface area contributed by atoms with Crippen LogP contribution in [0.5, 0.6) is 0 Å². The minimum absolute atomic E-state index is 0.449. The summed E-state index contributed by atoms with van der Waals surface area (Å²) in [6.07, 6.45) is 3.74. The van der Waals surface area contributed by atoms with Gasteiger partial charge in [0, 0.05) is 11.9 Å². The lowest BCUT2D eigenvalue weighted by Gasteiger charge is -2.11. The van der Waals surface area contributed by atoms with E-state index in [0.717, 1.165) is 0 Å². The van der Waals surface area contributed by atoms with Crippen molar-refractivity contribution >= 4 is 11.3 Å². The van der Waals surface area contributed by atoms with Gasteiger partial charge in [-0.2, -0.15) is 0 Å². The molecule has 2 heteroatoms. The average Bonchev–Trinajstić information content (AvgIpc) is 2.59. The van der Waals surface area contributed by atoms with Gasteiger partial charge in [0.25, 0.3) is 0 Å². The molecule has 1 atom stereocenters. The van der Waals surface area contributed by atoms with E-state index in [4.69, 9.17) is 0 Å². The van der Waals surface area contributed by atoms with E-state index in [2.05, 4.69) is 29.8 Å². The van der Waals surface area contributed by atoms with Gasteiger partial charge in [-0.05, 0) is 17.9 Å². The highest BCUT2D eigenvalue weighted by atomic mass is 32.1. The largest absolute Gasteiger partial charge is 0.236 e. The Morgan fingerprint density at radius 3 is 2.92 bits per heavy atom. The molecule has 1 rings (SSSR count). The molecule has 67 valence electrons. The van der Waals surface area contributed by atoms with Gasteiger partial charge in [0.05, 0.1) is 6.04 Å². The molecule has 0 aliphatic rings. The van der Waals surface area contributed by atoms with Crippen molar-refractivity contribution in [1.82, 2.24) is 5.32 Å². The lowest BCUT2D eigenvalue weighted by molar-refractivity contribution is 0.522. The van der Waals surface area contributed by atoms with Crippen LogP contribution in [0.2, 0.25) is 0 Å². The predicted molar refractivity (Wildman–Crippen MR) is 54.6 cm³/mol. The maximum absolute atomic E-state index is 4.38. The zero-order chi connectivity index (χ0) is 8.81. The Kier molecular flexibility index (Phi) is 4.33. The fourth-order valence-corrected chi connectivity index (χ4v) is 2.13. The van der Waals surface area contributed by atoms with Crippen LogP contribution in [0, 0.1) is 0 Å². The van der Waals surface area contributed by atoms with Crippen molar-refractivity contribution < 1.29 is 0 Å². The molecule has 0 aromatic carbocycles. The summed E-state index contributed by atoms with van der Waals surface area (Å²) in [5, 5.41) is 6.50. The highest BCUT2D eigenvalue weighted by Gasteiger charge is 2.09. The molecule has 0 aliphatic carbocycles. The standard InChI is InChI=1S/C10H16NS/c1-3-4-6-9(11-2)10-7-5-8-12-10/h5,7-9H,3-4,6H2,1-2H3. The minimum Gasteiger partial charge on any atom is -0.236 e. The van der Waals surface area contributed by atoms with Crippen molar-refractivity contribution in [3.63, 3.8) is 0 Å². The fourth-order valence-electron chi connectivity index (χ4n) is 1.28. The van der Waals surface area contributed by atoms with E-state index in [-0.39, 0.29) is 0 Å². The molecule has 0 bridgehead atoms. The van der Waals surface area contributed by atoms with Crippen LogP contribution in [-0.4, -0.2) is 7.05 Å². The Bertz CT molecular complexity index is 194. The second-order valence-corrected chi connectivity index (χ2v) is 3.91. The Balaban J connectivity index is 2.45. The number of hydrogen-bond acceptors (Lipinski definition) is 1. The van der Waals surface area contributed by atoms with E-state index >= 15 is 0 Å². The average molecular weight is 182 g/mol. The van der Waals surface area contributed by atoms with E-state index in [1.807, 2.05) is 18.4 Å². The van der Waals surface area contributed by atoms with Crippen molar-refractivity contribution in [1.29, 1.82) is 0 Å². The normalized spacial score (nSPS) is 13.2. The molecule has 1 unspecified atom stereocenters. The predicted octanol–water partition coefficient (Wildman–Crippen LogP) is 3.21. The third-order valence-corrected chi connectivity index (χ3v) is 2.99. The molecule has 0 saturated heterocycles. The van der Waals surface area contributed by atoms with Crippen LogP contribution in [0.4, 0.5) is 0 Å². The molecule has 1 nitrogen and oxygen atoms in total. The summed E-state index contributed by atoms with van der Waals surface area (Å²) in [6, 6.07) is 4.73.